The molecule has 118 valence electrons. The van der Waals surface area contributed by atoms with Crippen LogP contribution in [-0.4, -0.2) is 22.8 Å². The predicted octanol–water partition coefficient (Wildman–Crippen LogP) is 3.50. The number of aromatic nitrogens is 2. The molecule has 0 saturated carbocycles. The number of imidazole rings is 1. The van der Waals surface area contributed by atoms with Crippen molar-refractivity contribution in [1.82, 2.24) is 9.55 Å². The molecule has 1 saturated heterocycles. The summed E-state index contributed by atoms with van der Waals surface area (Å²) >= 11 is 0. The average Bonchev–Trinajstić information content (AvgIpc) is 3.27. The summed E-state index contributed by atoms with van der Waals surface area (Å²) in [6.45, 7) is 4.00. The molecule has 1 aliphatic heterocycles. The molecule has 3 aromatic rings. The maximum Gasteiger partial charge on any atom is 0.213 e. The molecular formula is C19H20N2O2. The molecule has 0 unspecified atom stereocenters. The molecule has 1 aliphatic rings. The molecule has 4 heteroatoms. The predicted molar refractivity (Wildman–Crippen MR) is 89.1 cm³/mol. The van der Waals surface area contributed by atoms with Gasteiger partial charge in [0.05, 0.1) is 26.1 Å². The Morgan fingerprint density at radius 2 is 1.87 bits per heavy atom. The van der Waals surface area contributed by atoms with E-state index in [-0.39, 0.29) is 0 Å². The van der Waals surface area contributed by atoms with E-state index in [1.807, 2.05) is 10.8 Å². The zero-order valence-electron chi connectivity index (χ0n) is 13.2. The number of rotatable bonds is 4. The molecule has 0 atom stereocenters. The van der Waals surface area contributed by atoms with Crippen LogP contribution in [-0.2, 0) is 28.2 Å². The van der Waals surface area contributed by atoms with Gasteiger partial charge in [0.15, 0.2) is 0 Å². The zero-order valence-corrected chi connectivity index (χ0v) is 13.2. The van der Waals surface area contributed by atoms with Gasteiger partial charge < -0.3 is 14.0 Å². The van der Waals surface area contributed by atoms with Crippen molar-refractivity contribution >= 4 is 10.8 Å². The van der Waals surface area contributed by atoms with Crippen molar-refractivity contribution in [2.24, 2.45) is 0 Å². The van der Waals surface area contributed by atoms with Crippen molar-refractivity contribution < 1.29 is 9.47 Å². The third-order valence-electron chi connectivity index (χ3n) is 4.46. The Bertz CT molecular complexity index is 805. The normalized spacial score (nSPS) is 16.9. The summed E-state index contributed by atoms with van der Waals surface area (Å²) in [6.07, 6.45) is 6.55. The van der Waals surface area contributed by atoms with Crippen LogP contribution >= 0.6 is 0 Å². The fourth-order valence-electron chi connectivity index (χ4n) is 3.18. The standard InChI is InChI=1S/C19H20N2O2/c1-2-15-3-4-17-12-18(6-5-16(17)11-15)19(22-9-10-23-19)13-21-8-7-20-14-21/h3-8,11-12,14H,2,9-10,13H2,1H3. The van der Waals surface area contributed by atoms with E-state index in [1.165, 1.54) is 16.3 Å². The van der Waals surface area contributed by atoms with E-state index in [0.717, 1.165) is 12.0 Å². The highest BCUT2D eigenvalue weighted by Gasteiger charge is 2.39. The molecule has 2 heterocycles. The SMILES string of the molecule is CCc1ccc2cc(C3(Cn4ccnc4)OCCO3)ccc2c1. The van der Waals surface area contributed by atoms with Gasteiger partial charge in [-0.2, -0.15) is 0 Å². The van der Waals surface area contributed by atoms with Gasteiger partial charge in [0.25, 0.3) is 0 Å². The smallest absolute Gasteiger partial charge is 0.213 e. The molecule has 4 nitrogen and oxygen atoms in total. The Morgan fingerprint density at radius 1 is 1.09 bits per heavy atom. The van der Waals surface area contributed by atoms with Gasteiger partial charge in [0.2, 0.25) is 5.79 Å². The minimum Gasteiger partial charge on any atom is -0.342 e. The van der Waals surface area contributed by atoms with Crippen molar-refractivity contribution in [2.45, 2.75) is 25.7 Å². The topological polar surface area (TPSA) is 36.3 Å². The minimum atomic E-state index is -0.724. The summed E-state index contributed by atoms with van der Waals surface area (Å²) < 4.78 is 14.0. The van der Waals surface area contributed by atoms with Crippen LogP contribution in [0.3, 0.4) is 0 Å². The molecule has 0 N–H and O–H groups in total. The third-order valence-corrected chi connectivity index (χ3v) is 4.46. The first kappa shape index (κ1) is 14.4. The van der Waals surface area contributed by atoms with Gasteiger partial charge in [0, 0.05) is 18.0 Å². The molecule has 1 fully saturated rings. The fourth-order valence-corrected chi connectivity index (χ4v) is 3.18. The number of fused-ring (bicyclic) bond motifs is 1. The molecular weight excluding hydrogens is 288 g/mol. The number of nitrogens with zero attached hydrogens (tertiary/aromatic N) is 2. The second-order valence-electron chi connectivity index (χ2n) is 5.93. The van der Waals surface area contributed by atoms with Gasteiger partial charge in [-0.3, -0.25) is 0 Å². The monoisotopic (exact) mass is 308 g/mol. The molecule has 2 aromatic carbocycles. The van der Waals surface area contributed by atoms with Crippen molar-refractivity contribution in [1.29, 1.82) is 0 Å². The number of hydrogen-bond donors (Lipinski definition) is 0. The lowest BCUT2D eigenvalue weighted by Crippen LogP contribution is -2.32. The summed E-state index contributed by atoms with van der Waals surface area (Å²) in [6, 6.07) is 13.1. The Kier molecular flexibility index (Phi) is 3.63. The fraction of sp³-hybridized carbons (Fsp3) is 0.316. The van der Waals surface area contributed by atoms with E-state index in [1.54, 1.807) is 12.5 Å². The maximum atomic E-state index is 6.02. The second-order valence-corrected chi connectivity index (χ2v) is 5.93. The summed E-state index contributed by atoms with van der Waals surface area (Å²) in [5.41, 5.74) is 2.41. The van der Waals surface area contributed by atoms with Crippen LogP contribution in [0.15, 0.2) is 55.1 Å². The van der Waals surface area contributed by atoms with E-state index in [9.17, 15) is 0 Å². The Labute approximate surface area is 135 Å². The Balaban J connectivity index is 1.75. The molecule has 0 spiro atoms. The lowest BCUT2D eigenvalue weighted by molar-refractivity contribution is -0.176. The summed E-state index contributed by atoms with van der Waals surface area (Å²) in [5.74, 6) is -0.724. The molecule has 0 amide bonds. The van der Waals surface area contributed by atoms with Gasteiger partial charge in [-0.05, 0) is 28.8 Å². The highest BCUT2D eigenvalue weighted by atomic mass is 16.7. The van der Waals surface area contributed by atoms with Gasteiger partial charge in [-0.15, -0.1) is 0 Å². The van der Waals surface area contributed by atoms with E-state index in [4.69, 9.17) is 9.47 Å². The van der Waals surface area contributed by atoms with Crippen molar-refractivity contribution in [3.63, 3.8) is 0 Å². The number of ether oxygens (including phenoxy) is 2. The molecule has 4 rings (SSSR count). The van der Waals surface area contributed by atoms with Crippen LogP contribution in [0.5, 0.6) is 0 Å². The van der Waals surface area contributed by atoms with E-state index < -0.39 is 5.79 Å². The Morgan fingerprint density at radius 3 is 2.61 bits per heavy atom. The third kappa shape index (κ3) is 2.64. The Hall–Kier alpha value is -2.17. The van der Waals surface area contributed by atoms with Crippen molar-refractivity contribution in [2.75, 3.05) is 13.2 Å². The maximum absolute atomic E-state index is 6.02. The largest absolute Gasteiger partial charge is 0.342 e. The van der Waals surface area contributed by atoms with Crippen LogP contribution in [0, 0.1) is 0 Å². The number of benzene rings is 2. The van der Waals surface area contributed by atoms with Crippen molar-refractivity contribution in [3.05, 3.63) is 66.2 Å². The van der Waals surface area contributed by atoms with Crippen LogP contribution in [0.25, 0.3) is 10.8 Å². The first-order chi connectivity index (χ1) is 11.3. The minimum absolute atomic E-state index is 0.603. The zero-order chi connectivity index (χ0) is 15.7. The van der Waals surface area contributed by atoms with Gasteiger partial charge in [0.1, 0.15) is 0 Å². The van der Waals surface area contributed by atoms with E-state index >= 15 is 0 Å². The summed E-state index contributed by atoms with van der Waals surface area (Å²) in [5, 5.41) is 2.47. The highest BCUT2D eigenvalue weighted by Crippen LogP contribution is 2.35. The number of aryl methyl sites for hydroxylation is 1. The van der Waals surface area contributed by atoms with Gasteiger partial charge >= 0.3 is 0 Å². The second kappa shape index (κ2) is 5.80. The molecule has 23 heavy (non-hydrogen) atoms. The van der Waals surface area contributed by atoms with Crippen molar-refractivity contribution in [3.8, 4) is 0 Å². The molecule has 0 bridgehead atoms. The summed E-state index contributed by atoms with van der Waals surface area (Å²) in [7, 11) is 0. The summed E-state index contributed by atoms with van der Waals surface area (Å²) in [4.78, 5) is 4.11. The quantitative estimate of drug-likeness (QED) is 0.740. The van der Waals surface area contributed by atoms with Crippen LogP contribution < -0.4 is 0 Å². The van der Waals surface area contributed by atoms with E-state index in [0.29, 0.717) is 19.8 Å². The molecule has 1 aromatic heterocycles. The lowest BCUT2D eigenvalue weighted by atomic mass is 9.99. The van der Waals surface area contributed by atoms with Crippen LogP contribution in [0.1, 0.15) is 18.1 Å². The average molecular weight is 308 g/mol. The molecule has 0 aliphatic carbocycles. The van der Waals surface area contributed by atoms with Crippen LogP contribution in [0.2, 0.25) is 0 Å². The first-order valence-electron chi connectivity index (χ1n) is 8.06. The van der Waals surface area contributed by atoms with Gasteiger partial charge in [-0.1, -0.05) is 37.3 Å². The first-order valence-corrected chi connectivity index (χ1v) is 8.06. The molecule has 0 radical (unpaired) electrons. The number of hydrogen-bond acceptors (Lipinski definition) is 3. The van der Waals surface area contributed by atoms with Gasteiger partial charge in [-0.25, -0.2) is 4.98 Å². The lowest BCUT2D eigenvalue weighted by Gasteiger charge is -2.28. The highest BCUT2D eigenvalue weighted by molar-refractivity contribution is 5.84. The van der Waals surface area contributed by atoms with Crippen LogP contribution in [0.4, 0.5) is 0 Å². The van der Waals surface area contributed by atoms with E-state index in [2.05, 4.69) is 48.3 Å².